The number of H-pyrrole nitrogens is 1. The molecular formula is C17H14N2O2. The number of ether oxygens (including phenoxy) is 1. The number of carbonyl (C=O) groups excluding carboxylic acids is 1. The van der Waals surface area contributed by atoms with Gasteiger partial charge in [-0.3, -0.25) is 5.10 Å². The Kier molecular flexibility index (Phi) is 3.51. The molecule has 3 aromatic rings. The van der Waals surface area contributed by atoms with Crippen molar-refractivity contribution >= 4 is 5.97 Å². The maximum atomic E-state index is 11.5. The van der Waals surface area contributed by atoms with Gasteiger partial charge in [0, 0.05) is 5.56 Å². The van der Waals surface area contributed by atoms with Crippen molar-refractivity contribution in [2.45, 2.75) is 0 Å². The molecule has 104 valence electrons. The molecule has 1 N–H and O–H groups in total. The van der Waals surface area contributed by atoms with E-state index in [4.69, 9.17) is 0 Å². The van der Waals surface area contributed by atoms with Crippen LogP contribution in [-0.2, 0) is 4.74 Å². The summed E-state index contributed by atoms with van der Waals surface area (Å²) in [6.45, 7) is 0. The van der Waals surface area contributed by atoms with Crippen LogP contribution in [-0.4, -0.2) is 23.3 Å². The third kappa shape index (κ3) is 2.69. The number of methoxy groups -OCH3 is 1. The summed E-state index contributed by atoms with van der Waals surface area (Å²) in [5.74, 6) is -0.423. The minimum Gasteiger partial charge on any atom is -0.464 e. The second kappa shape index (κ2) is 5.63. The largest absolute Gasteiger partial charge is 0.464 e. The average molecular weight is 278 g/mol. The molecule has 1 heterocycles. The second-order valence-corrected chi connectivity index (χ2v) is 4.61. The molecule has 0 aliphatic carbocycles. The Morgan fingerprint density at radius 2 is 1.67 bits per heavy atom. The molecule has 21 heavy (non-hydrogen) atoms. The zero-order valence-electron chi connectivity index (χ0n) is 11.5. The van der Waals surface area contributed by atoms with Crippen LogP contribution < -0.4 is 0 Å². The van der Waals surface area contributed by atoms with Crippen LogP contribution in [0, 0.1) is 0 Å². The summed E-state index contributed by atoms with van der Waals surface area (Å²) in [4.78, 5) is 11.5. The van der Waals surface area contributed by atoms with Gasteiger partial charge in [-0.1, -0.05) is 48.5 Å². The van der Waals surface area contributed by atoms with Gasteiger partial charge in [-0.25, -0.2) is 4.79 Å². The summed E-state index contributed by atoms with van der Waals surface area (Å²) >= 11 is 0. The summed E-state index contributed by atoms with van der Waals surface area (Å²) in [5, 5.41) is 6.85. The van der Waals surface area contributed by atoms with Crippen LogP contribution in [0.1, 0.15) is 10.5 Å². The number of hydrogen-bond donors (Lipinski definition) is 1. The predicted octanol–water partition coefficient (Wildman–Crippen LogP) is 3.53. The van der Waals surface area contributed by atoms with Crippen LogP contribution >= 0.6 is 0 Å². The fourth-order valence-electron chi connectivity index (χ4n) is 2.17. The highest BCUT2D eigenvalue weighted by atomic mass is 16.5. The average Bonchev–Trinajstić information content (AvgIpc) is 3.05. The number of hydrogen-bond acceptors (Lipinski definition) is 3. The predicted molar refractivity (Wildman–Crippen MR) is 80.8 cm³/mol. The van der Waals surface area contributed by atoms with Crippen molar-refractivity contribution < 1.29 is 9.53 Å². The van der Waals surface area contributed by atoms with Crippen molar-refractivity contribution in [2.24, 2.45) is 0 Å². The van der Waals surface area contributed by atoms with E-state index in [1.807, 2.05) is 42.5 Å². The SMILES string of the molecule is COC(=O)c1cc(-c2cccc(-c3ccccc3)c2)n[nH]1. The van der Waals surface area contributed by atoms with Crippen LogP contribution in [0.3, 0.4) is 0 Å². The molecule has 0 spiro atoms. The number of rotatable bonds is 3. The first kappa shape index (κ1) is 13.1. The number of carbonyl (C=O) groups is 1. The van der Waals surface area contributed by atoms with Gasteiger partial charge in [0.25, 0.3) is 0 Å². The topological polar surface area (TPSA) is 55.0 Å². The number of aromatic nitrogens is 2. The second-order valence-electron chi connectivity index (χ2n) is 4.61. The van der Waals surface area contributed by atoms with E-state index < -0.39 is 5.97 Å². The van der Waals surface area contributed by atoms with Gasteiger partial charge >= 0.3 is 5.97 Å². The molecular weight excluding hydrogens is 264 g/mol. The van der Waals surface area contributed by atoms with E-state index in [2.05, 4.69) is 27.1 Å². The molecule has 0 fully saturated rings. The van der Waals surface area contributed by atoms with Crippen LogP contribution in [0.15, 0.2) is 60.7 Å². The molecule has 0 saturated heterocycles. The normalized spacial score (nSPS) is 10.3. The van der Waals surface area contributed by atoms with Gasteiger partial charge in [-0.05, 0) is 23.3 Å². The van der Waals surface area contributed by atoms with Gasteiger partial charge in [0.05, 0.1) is 12.8 Å². The highest BCUT2D eigenvalue weighted by Gasteiger charge is 2.11. The number of aromatic amines is 1. The summed E-state index contributed by atoms with van der Waals surface area (Å²) in [7, 11) is 1.35. The van der Waals surface area contributed by atoms with Gasteiger partial charge in [0.15, 0.2) is 0 Å². The third-order valence-electron chi connectivity index (χ3n) is 3.25. The maximum absolute atomic E-state index is 11.5. The lowest BCUT2D eigenvalue weighted by Crippen LogP contribution is -2.00. The molecule has 4 heteroatoms. The summed E-state index contributed by atoms with van der Waals surface area (Å²) < 4.78 is 4.67. The van der Waals surface area contributed by atoms with Crippen molar-refractivity contribution in [3.63, 3.8) is 0 Å². The molecule has 2 aromatic carbocycles. The van der Waals surface area contributed by atoms with Gasteiger partial charge in [0.2, 0.25) is 0 Å². The molecule has 0 radical (unpaired) electrons. The first-order valence-corrected chi connectivity index (χ1v) is 6.57. The zero-order chi connectivity index (χ0) is 14.7. The van der Waals surface area contributed by atoms with Gasteiger partial charge < -0.3 is 4.74 Å². The Labute approximate surface area is 122 Å². The first-order chi connectivity index (χ1) is 10.3. The number of benzene rings is 2. The van der Waals surface area contributed by atoms with E-state index in [-0.39, 0.29) is 0 Å². The monoisotopic (exact) mass is 278 g/mol. The van der Waals surface area contributed by atoms with E-state index in [1.54, 1.807) is 6.07 Å². The molecule has 1 aromatic heterocycles. The first-order valence-electron chi connectivity index (χ1n) is 6.57. The van der Waals surface area contributed by atoms with E-state index in [0.29, 0.717) is 11.4 Å². The Morgan fingerprint density at radius 1 is 0.952 bits per heavy atom. The van der Waals surface area contributed by atoms with Crippen LogP contribution in [0.25, 0.3) is 22.4 Å². The van der Waals surface area contributed by atoms with Crippen molar-refractivity contribution in [1.29, 1.82) is 0 Å². The Morgan fingerprint density at radius 3 is 2.43 bits per heavy atom. The Bertz CT molecular complexity index is 763. The van der Waals surface area contributed by atoms with Crippen molar-refractivity contribution in [1.82, 2.24) is 10.2 Å². The van der Waals surface area contributed by atoms with E-state index >= 15 is 0 Å². The lowest BCUT2D eigenvalue weighted by molar-refractivity contribution is 0.0594. The van der Waals surface area contributed by atoms with Crippen molar-refractivity contribution in [3.8, 4) is 22.4 Å². The molecule has 0 atom stereocenters. The van der Waals surface area contributed by atoms with Gasteiger partial charge in [-0.2, -0.15) is 5.10 Å². The van der Waals surface area contributed by atoms with E-state index in [1.165, 1.54) is 7.11 Å². The standard InChI is InChI=1S/C17H14N2O2/c1-21-17(20)16-11-15(18-19-16)14-9-5-8-13(10-14)12-6-3-2-4-7-12/h2-11H,1H3,(H,18,19). The van der Waals surface area contributed by atoms with Crippen molar-refractivity contribution in [3.05, 3.63) is 66.4 Å². The fourth-order valence-corrected chi connectivity index (χ4v) is 2.17. The smallest absolute Gasteiger partial charge is 0.356 e. The van der Waals surface area contributed by atoms with Crippen molar-refractivity contribution in [2.75, 3.05) is 7.11 Å². The van der Waals surface area contributed by atoms with Crippen LogP contribution in [0.5, 0.6) is 0 Å². The molecule has 0 unspecified atom stereocenters. The minimum absolute atomic E-state index is 0.345. The highest BCUT2D eigenvalue weighted by molar-refractivity contribution is 5.88. The van der Waals surface area contributed by atoms with Crippen LogP contribution in [0.4, 0.5) is 0 Å². The third-order valence-corrected chi connectivity index (χ3v) is 3.25. The highest BCUT2D eigenvalue weighted by Crippen LogP contribution is 2.25. The number of esters is 1. The number of nitrogens with one attached hydrogen (secondary N) is 1. The van der Waals surface area contributed by atoms with E-state index in [0.717, 1.165) is 16.7 Å². The zero-order valence-corrected chi connectivity index (χ0v) is 11.5. The Hall–Kier alpha value is -2.88. The molecule has 0 aliphatic rings. The molecule has 0 aliphatic heterocycles. The quantitative estimate of drug-likeness (QED) is 0.746. The minimum atomic E-state index is -0.423. The van der Waals surface area contributed by atoms with E-state index in [9.17, 15) is 4.79 Å². The summed E-state index contributed by atoms with van der Waals surface area (Å²) in [6.07, 6.45) is 0. The molecule has 3 rings (SSSR count). The van der Waals surface area contributed by atoms with Crippen LogP contribution in [0.2, 0.25) is 0 Å². The fraction of sp³-hybridized carbons (Fsp3) is 0.0588. The lowest BCUT2D eigenvalue weighted by Gasteiger charge is -2.03. The van der Waals surface area contributed by atoms with Gasteiger partial charge in [-0.15, -0.1) is 0 Å². The van der Waals surface area contributed by atoms with Gasteiger partial charge in [0.1, 0.15) is 5.69 Å². The lowest BCUT2D eigenvalue weighted by atomic mass is 10.0. The molecule has 0 saturated carbocycles. The Balaban J connectivity index is 1.97. The molecule has 0 amide bonds. The summed E-state index contributed by atoms with van der Waals surface area (Å²) in [5.41, 5.74) is 4.26. The number of nitrogens with zero attached hydrogens (tertiary/aromatic N) is 1. The molecule has 0 bridgehead atoms. The summed E-state index contributed by atoms with van der Waals surface area (Å²) in [6, 6.07) is 19.8. The maximum Gasteiger partial charge on any atom is 0.356 e. The molecule has 4 nitrogen and oxygen atoms in total.